The van der Waals surface area contributed by atoms with Crippen LogP contribution in [0.4, 0.5) is 9.80 Å². The smallest absolute Gasteiger partial charge is 0.319 e. The van der Waals surface area contributed by atoms with E-state index in [1.54, 1.807) is 14.0 Å². The van der Waals surface area contributed by atoms with E-state index in [4.69, 9.17) is 14.0 Å². The van der Waals surface area contributed by atoms with Gasteiger partial charge < -0.3 is 19.3 Å². The van der Waals surface area contributed by atoms with Gasteiger partial charge in [-0.25, -0.2) is 4.79 Å². The molecule has 0 bridgehead atoms. The van der Waals surface area contributed by atoms with E-state index in [0.29, 0.717) is 43.1 Å². The van der Waals surface area contributed by atoms with E-state index in [1.807, 2.05) is 0 Å². The molecule has 2 amide bonds. The molecule has 3 heterocycles. The normalized spacial score (nSPS) is 13.7. The number of carbonyl (C=O) groups is 1. The van der Waals surface area contributed by atoms with Crippen molar-refractivity contribution in [2.75, 3.05) is 32.2 Å². The third-order valence-corrected chi connectivity index (χ3v) is 4.50. The minimum Gasteiger partial charge on any atom is -0.383 e. The Balaban J connectivity index is 1.87. The number of ether oxygens (including phenoxy) is 2. The number of fused-ring (bicyclic) bond motifs is 1. The maximum Gasteiger partial charge on any atom is 0.319 e. The van der Waals surface area contributed by atoms with E-state index >= 15 is 0 Å². The monoisotopic (exact) mass is 338 g/mol. The first-order valence-electron chi connectivity index (χ1n) is 7.25. The fraction of sp³-hybridized carbons (Fsp3) is 0.500. The van der Waals surface area contributed by atoms with Gasteiger partial charge in [-0.15, -0.1) is 11.3 Å². The lowest BCUT2D eigenvalue weighted by atomic mass is 10.1. The Hall–Kier alpha value is -1.97. The predicted octanol–water partition coefficient (Wildman–Crippen LogP) is 1.95. The minimum atomic E-state index is -0.293. The maximum atomic E-state index is 12.0. The highest BCUT2D eigenvalue weighted by atomic mass is 32.1. The van der Waals surface area contributed by atoms with Crippen LogP contribution in [0.25, 0.3) is 11.5 Å². The number of hydrogen-bond acceptors (Lipinski definition) is 7. The highest BCUT2D eigenvalue weighted by molar-refractivity contribution is 7.17. The minimum absolute atomic E-state index is 0.293. The van der Waals surface area contributed by atoms with E-state index in [0.717, 1.165) is 22.4 Å². The summed E-state index contributed by atoms with van der Waals surface area (Å²) in [4.78, 5) is 17.4. The Kier molecular flexibility index (Phi) is 4.89. The second-order valence-corrected chi connectivity index (χ2v) is 6.14. The first kappa shape index (κ1) is 15.9. The average molecular weight is 338 g/mol. The maximum absolute atomic E-state index is 12.0. The lowest BCUT2D eigenvalue weighted by Gasteiger charge is -2.12. The number of nitrogens with one attached hydrogen (secondary N) is 2. The third-order valence-electron chi connectivity index (χ3n) is 3.38. The van der Waals surface area contributed by atoms with Crippen LogP contribution in [-0.4, -0.2) is 43.0 Å². The molecular formula is C14H18N4O4S. The van der Waals surface area contributed by atoms with Crippen molar-refractivity contribution in [3.05, 3.63) is 16.3 Å². The number of aryl methyl sites for hydroxylation is 1. The summed E-state index contributed by atoms with van der Waals surface area (Å²) in [6.45, 7) is 3.83. The Bertz CT molecular complexity index is 697. The van der Waals surface area contributed by atoms with E-state index < -0.39 is 0 Å². The van der Waals surface area contributed by atoms with Gasteiger partial charge in [0.05, 0.1) is 25.4 Å². The lowest BCUT2D eigenvalue weighted by Crippen LogP contribution is -2.31. The average Bonchev–Trinajstić information content (AvgIpc) is 3.10. The number of methoxy groups -OCH3 is 1. The first-order valence-corrected chi connectivity index (χ1v) is 8.07. The van der Waals surface area contributed by atoms with Gasteiger partial charge in [0.1, 0.15) is 5.00 Å². The number of anilines is 1. The molecule has 0 spiro atoms. The first-order chi connectivity index (χ1) is 11.2. The van der Waals surface area contributed by atoms with Crippen molar-refractivity contribution in [1.82, 2.24) is 15.5 Å². The number of carbonyl (C=O) groups excluding carboxylic acids is 1. The summed E-state index contributed by atoms with van der Waals surface area (Å²) in [5.41, 5.74) is 1.91. The second-order valence-electron chi connectivity index (χ2n) is 5.03. The SMILES string of the molecule is COCCNC(=O)Nc1sc2c(c1-c1nc(C)no1)CCOC2. The molecule has 0 atom stereocenters. The Morgan fingerprint density at radius 3 is 3.09 bits per heavy atom. The largest absolute Gasteiger partial charge is 0.383 e. The lowest BCUT2D eigenvalue weighted by molar-refractivity contribution is 0.113. The van der Waals surface area contributed by atoms with Crippen LogP contribution in [0.3, 0.4) is 0 Å². The molecule has 0 fully saturated rings. The van der Waals surface area contributed by atoms with E-state index in [1.165, 1.54) is 11.3 Å². The van der Waals surface area contributed by atoms with Crippen molar-refractivity contribution in [3.8, 4) is 11.5 Å². The molecule has 8 nitrogen and oxygen atoms in total. The summed E-state index contributed by atoms with van der Waals surface area (Å²) in [6.07, 6.45) is 0.759. The van der Waals surface area contributed by atoms with Gasteiger partial charge in [0.15, 0.2) is 5.82 Å². The number of amides is 2. The van der Waals surface area contributed by atoms with Crippen molar-refractivity contribution in [3.63, 3.8) is 0 Å². The van der Waals surface area contributed by atoms with Crippen molar-refractivity contribution < 1.29 is 18.8 Å². The number of hydrogen-bond donors (Lipinski definition) is 2. The molecule has 124 valence electrons. The van der Waals surface area contributed by atoms with Gasteiger partial charge in [-0.3, -0.25) is 5.32 Å². The molecule has 23 heavy (non-hydrogen) atoms. The molecule has 0 unspecified atom stereocenters. The molecule has 2 aromatic heterocycles. The molecule has 0 saturated carbocycles. The number of rotatable bonds is 5. The van der Waals surface area contributed by atoms with Gasteiger partial charge in [-0.2, -0.15) is 4.98 Å². The van der Waals surface area contributed by atoms with Crippen LogP contribution in [0.1, 0.15) is 16.3 Å². The Labute approximate surface area is 137 Å². The van der Waals surface area contributed by atoms with Crippen LogP contribution in [0.15, 0.2) is 4.52 Å². The highest BCUT2D eigenvalue weighted by Crippen LogP contribution is 2.42. The van der Waals surface area contributed by atoms with Crippen molar-refractivity contribution in [1.29, 1.82) is 0 Å². The fourth-order valence-electron chi connectivity index (χ4n) is 2.36. The van der Waals surface area contributed by atoms with Crippen LogP contribution in [0.5, 0.6) is 0 Å². The van der Waals surface area contributed by atoms with Gasteiger partial charge >= 0.3 is 6.03 Å². The fourth-order valence-corrected chi connectivity index (χ4v) is 3.53. The van der Waals surface area contributed by atoms with Gasteiger partial charge in [0, 0.05) is 18.5 Å². The number of nitrogens with zero attached hydrogens (tertiary/aromatic N) is 2. The molecule has 2 aromatic rings. The summed E-state index contributed by atoms with van der Waals surface area (Å²) in [6, 6.07) is -0.293. The molecule has 0 radical (unpaired) electrons. The molecule has 1 aliphatic rings. The van der Waals surface area contributed by atoms with Crippen molar-refractivity contribution >= 4 is 22.4 Å². The van der Waals surface area contributed by atoms with Crippen LogP contribution < -0.4 is 10.6 Å². The number of thiophene rings is 1. The number of aromatic nitrogens is 2. The summed E-state index contributed by atoms with van der Waals surface area (Å²) in [5.74, 6) is 0.983. The highest BCUT2D eigenvalue weighted by Gasteiger charge is 2.26. The summed E-state index contributed by atoms with van der Waals surface area (Å²) in [5, 5.41) is 10.1. The predicted molar refractivity (Wildman–Crippen MR) is 84.6 cm³/mol. The zero-order valence-corrected chi connectivity index (χ0v) is 13.8. The van der Waals surface area contributed by atoms with Crippen LogP contribution >= 0.6 is 11.3 Å². The Morgan fingerprint density at radius 1 is 1.48 bits per heavy atom. The van der Waals surface area contributed by atoms with Gasteiger partial charge in [-0.05, 0) is 18.9 Å². The number of urea groups is 1. The standard InChI is InChI=1S/C14H18N4O4S/c1-8-16-12(22-18-8)11-9-3-5-21-7-10(9)23-13(11)17-14(19)15-4-6-20-2/h3-7H2,1-2H3,(H2,15,17,19). The van der Waals surface area contributed by atoms with Crippen LogP contribution in [0.2, 0.25) is 0 Å². The second kappa shape index (κ2) is 7.07. The topological polar surface area (TPSA) is 98.5 Å². The molecular weight excluding hydrogens is 320 g/mol. The van der Waals surface area contributed by atoms with Crippen LogP contribution in [0, 0.1) is 6.92 Å². The Morgan fingerprint density at radius 2 is 2.35 bits per heavy atom. The molecule has 2 N–H and O–H groups in total. The molecule has 0 aromatic carbocycles. The molecule has 1 aliphatic heterocycles. The van der Waals surface area contributed by atoms with Crippen molar-refractivity contribution in [2.24, 2.45) is 0 Å². The zero-order valence-electron chi connectivity index (χ0n) is 13.0. The molecule has 3 rings (SSSR count). The summed E-state index contributed by atoms with van der Waals surface area (Å²) >= 11 is 1.48. The summed E-state index contributed by atoms with van der Waals surface area (Å²) in [7, 11) is 1.59. The molecule has 0 aliphatic carbocycles. The summed E-state index contributed by atoms with van der Waals surface area (Å²) < 4.78 is 15.7. The molecule has 0 saturated heterocycles. The molecule has 9 heteroatoms. The quantitative estimate of drug-likeness (QED) is 0.809. The van der Waals surface area contributed by atoms with E-state index in [2.05, 4.69) is 20.8 Å². The van der Waals surface area contributed by atoms with Crippen LogP contribution in [-0.2, 0) is 22.5 Å². The zero-order chi connectivity index (χ0) is 16.2. The third kappa shape index (κ3) is 3.52. The van der Waals surface area contributed by atoms with Crippen molar-refractivity contribution in [2.45, 2.75) is 20.0 Å². The van der Waals surface area contributed by atoms with Gasteiger partial charge in [0.25, 0.3) is 5.89 Å². The van der Waals surface area contributed by atoms with Gasteiger partial charge in [-0.1, -0.05) is 5.16 Å². The van der Waals surface area contributed by atoms with E-state index in [9.17, 15) is 4.79 Å². The van der Waals surface area contributed by atoms with E-state index in [-0.39, 0.29) is 6.03 Å². The van der Waals surface area contributed by atoms with Gasteiger partial charge in [0.2, 0.25) is 0 Å².